The zero-order chi connectivity index (χ0) is 16.3. The van der Waals surface area contributed by atoms with E-state index >= 15 is 0 Å². The zero-order valence-electron chi connectivity index (χ0n) is 12.9. The number of nitrogens with zero attached hydrogens (tertiary/aromatic N) is 2. The standard InChI is InChI=1S/C14H20ClN3O3S/c1-14(2,3)21-13(20)16-9-5-4-6-18(7-9)12(19)10-8-22-17-11(10)15/h8-9H,4-7H2,1-3H3,(H,16,20)/t9-/m1/s1. The second kappa shape index (κ2) is 6.83. The Morgan fingerprint density at radius 2 is 2.23 bits per heavy atom. The Bertz CT molecular complexity index is 556. The van der Waals surface area contributed by atoms with Crippen LogP contribution < -0.4 is 5.32 Å². The summed E-state index contributed by atoms with van der Waals surface area (Å²) in [6.07, 6.45) is 1.18. The summed E-state index contributed by atoms with van der Waals surface area (Å²) in [6.45, 7) is 6.54. The Labute approximate surface area is 138 Å². The Balaban J connectivity index is 1.93. The molecular formula is C14H20ClN3O3S. The number of hydrogen-bond donors (Lipinski definition) is 1. The smallest absolute Gasteiger partial charge is 0.407 e. The third-order valence-electron chi connectivity index (χ3n) is 3.19. The largest absolute Gasteiger partial charge is 0.444 e. The number of likely N-dealkylation sites (tertiary alicyclic amines) is 1. The first kappa shape index (κ1) is 17.0. The summed E-state index contributed by atoms with van der Waals surface area (Å²) in [5.74, 6) is -0.144. The van der Waals surface area contributed by atoms with Crippen LogP contribution in [0.1, 0.15) is 44.0 Å². The van der Waals surface area contributed by atoms with Gasteiger partial charge in [0.05, 0.1) is 5.56 Å². The molecule has 0 spiro atoms. The minimum absolute atomic E-state index is 0.113. The molecule has 1 fully saturated rings. The van der Waals surface area contributed by atoms with Crippen LogP contribution in [-0.4, -0.2) is 46.0 Å². The fourth-order valence-corrected chi connectivity index (χ4v) is 3.17. The molecule has 122 valence electrons. The quantitative estimate of drug-likeness (QED) is 0.894. The molecule has 6 nitrogen and oxygen atoms in total. The van der Waals surface area contributed by atoms with Crippen molar-refractivity contribution in [3.05, 3.63) is 16.1 Å². The van der Waals surface area contributed by atoms with Crippen molar-refractivity contribution in [2.45, 2.75) is 45.3 Å². The summed E-state index contributed by atoms with van der Waals surface area (Å²) in [5.41, 5.74) is -0.117. The molecule has 1 aliphatic heterocycles. The average molecular weight is 346 g/mol. The van der Waals surface area contributed by atoms with Gasteiger partial charge in [-0.3, -0.25) is 4.79 Å². The predicted octanol–water partition coefficient (Wildman–Crippen LogP) is 2.93. The summed E-state index contributed by atoms with van der Waals surface area (Å²) in [6, 6.07) is -0.113. The Kier molecular flexibility index (Phi) is 5.28. The molecule has 1 aliphatic rings. The molecule has 22 heavy (non-hydrogen) atoms. The molecule has 0 aromatic carbocycles. The summed E-state index contributed by atoms with van der Waals surface area (Å²) in [5, 5.41) is 4.70. The first-order valence-corrected chi connectivity index (χ1v) is 8.36. The number of amides is 2. The van der Waals surface area contributed by atoms with Gasteiger partial charge in [-0.25, -0.2) is 4.79 Å². The molecule has 0 radical (unpaired) electrons. The van der Waals surface area contributed by atoms with Gasteiger partial charge >= 0.3 is 6.09 Å². The van der Waals surface area contributed by atoms with Crippen LogP contribution in [0.3, 0.4) is 0 Å². The lowest BCUT2D eigenvalue weighted by atomic mass is 10.1. The molecule has 0 bridgehead atoms. The van der Waals surface area contributed by atoms with E-state index in [1.165, 1.54) is 0 Å². The Morgan fingerprint density at radius 3 is 2.82 bits per heavy atom. The number of carbonyl (C=O) groups is 2. The van der Waals surface area contributed by atoms with E-state index in [1.807, 2.05) is 20.8 Å². The van der Waals surface area contributed by atoms with Crippen LogP contribution in [0, 0.1) is 0 Å². The molecule has 1 aromatic heterocycles. The lowest BCUT2D eigenvalue weighted by Gasteiger charge is -2.33. The molecule has 2 heterocycles. The number of carbonyl (C=O) groups excluding carboxylic acids is 2. The van der Waals surface area contributed by atoms with Crippen molar-refractivity contribution in [1.29, 1.82) is 0 Å². The topological polar surface area (TPSA) is 71.5 Å². The van der Waals surface area contributed by atoms with E-state index in [9.17, 15) is 9.59 Å². The molecule has 1 aromatic rings. The number of aromatic nitrogens is 1. The van der Waals surface area contributed by atoms with Gasteiger partial charge in [0.25, 0.3) is 5.91 Å². The van der Waals surface area contributed by atoms with Crippen molar-refractivity contribution in [2.24, 2.45) is 0 Å². The van der Waals surface area contributed by atoms with Crippen molar-refractivity contribution < 1.29 is 14.3 Å². The molecular weight excluding hydrogens is 326 g/mol. The van der Waals surface area contributed by atoms with Crippen LogP contribution in [0.5, 0.6) is 0 Å². The van der Waals surface area contributed by atoms with Gasteiger partial charge in [0.1, 0.15) is 5.60 Å². The molecule has 1 atom stereocenters. The highest BCUT2D eigenvalue weighted by molar-refractivity contribution is 7.04. The fourth-order valence-electron chi connectivity index (χ4n) is 2.29. The van der Waals surface area contributed by atoms with Crippen LogP contribution in [0.25, 0.3) is 0 Å². The molecule has 0 unspecified atom stereocenters. The predicted molar refractivity (Wildman–Crippen MR) is 85.4 cm³/mol. The van der Waals surface area contributed by atoms with Crippen molar-refractivity contribution in [3.63, 3.8) is 0 Å². The van der Waals surface area contributed by atoms with Gasteiger partial charge in [-0.1, -0.05) is 11.6 Å². The number of halogens is 1. The van der Waals surface area contributed by atoms with E-state index in [2.05, 4.69) is 9.69 Å². The molecule has 0 aliphatic carbocycles. The van der Waals surface area contributed by atoms with E-state index in [0.29, 0.717) is 18.7 Å². The first-order chi connectivity index (χ1) is 10.3. The highest BCUT2D eigenvalue weighted by Gasteiger charge is 2.28. The van der Waals surface area contributed by atoms with E-state index < -0.39 is 11.7 Å². The molecule has 1 N–H and O–H groups in total. The van der Waals surface area contributed by atoms with E-state index in [0.717, 1.165) is 24.4 Å². The van der Waals surface area contributed by atoms with Crippen LogP contribution in [0.15, 0.2) is 5.38 Å². The lowest BCUT2D eigenvalue weighted by molar-refractivity contribution is 0.0452. The first-order valence-electron chi connectivity index (χ1n) is 7.15. The van der Waals surface area contributed by atoms with Crippen molar-refractivity contribution in [3.8, 4) is 0 Å². The fraction of sp³-hybridized carbons (Fsp3) is 0.643. The van der Waals surface area contributed by atoms with Gasteiger partial charge < -0.3 is 15.0 Å². The van der Waals surface area contributed by atoms with E-state index in [-0.39, 0.29) is 17.1 Å². The van der Waals surface area contributed by atoms with Gasteiger partial charge in [-0.05, 0) is 45.1 Å². The number of alkyl carbamates (subject to hydrolysis) is 1. The normalized spacial score (nSPS) is 18.9. The lowest BCUT2D eigenvalue weighted by Crippen LogP contribution is -2.50. The summed E-state index contributed by atoms with van der Waals surface area (Å²) >= 11 is 7.07. The van der Waals surface area contributed by atoms with E-state index in [4.69, 9.17) is 16.3 Å². The number of ether oxygens (including phenoxy) is 1. The van der Waals surface area contributed by atoms with Gasteiger partial charge in [0.2, 0.25) is 0 Å². The molecule has 8 heteroatoms. The number of hydrogen-bond acceptors (Lipinski definition) is 5. The average Bonchev–Trinajstić information content (AvgIpc) is 2.82. The van der Waals surface area contributed by atoms with Gasteiger partial charge in [0.15, 0.2) is 5.15 Å². The highest BCUT2D eigenvalue weighted by Crippen LogP contribution is 2.21. The summed E-state index contributed by atoms with van der Waals surface area (Å²) < 4.78 is 9.15. The highest BCUT2D eigenvalue weighted by atomic mass is 35.5. The monoisotopic (exact) mass is 345 g/mol. The van der Waals surface area contributed by atoms with Gasteiger partial charge in [-0.2, -0.15) is 4.37 Å². The SMILES string of the molecule is CC(C)(C)OC(=O)N[C@@H]1CCCN(C(=O)c2csnc2Cl)C1. The number of rotatable bonds is 2. The molecule has 2 rings (SSSR count). The summed E-state index contributed by atoms with van der Waals surface area (Å²) in [4.78, 5) is 25.9. The maximum atomic E-state index is 12.4. The number of nitrogens with one attached hydrogen (secondary N) is 1. The van der Waals surface area contributed by atoms with Crippen molar-refractivity contribution in [2.75, 3.05) is 13.1 Å². The van der Waals surface area contributed by atoms with Crippen LogP contribution >= 0.6 is 23.1 Å². The number of piperidine rings is 1. The van der Waals surface area contributed by atoms with Crippen molar-refractivity contribution >= 4 is 35.1 Å². The third-order valence-corrected chi connectivity index (χ3v) is 4.20. The Hall–Kier alpha value is -1.34. The minimum Gasteiger partial charge on any atom is -0.444 e. The molecule has 2 amide bonds. The van der Waals surface area contributed by atoms with Crippen LogP contribution in [0.4, 0.5) is 4.79 Å². The summed E-state index contributed by atoms with van der Waals surface area (Å²) in [7, 11) is 0. The van der Waals surface area contributed by atoms with Crippen molar-refractivity contribution in [1.82, 2.24) is 14.6 Å². The maximum Gasteiger partial charge on any atom is 0.407 e. The van der Waals surface area contributed by atoms with Crippen LogP contribution in [0.2, 0.25) is 5.15 Å². The van der Waals surface area contributed by atoms with Gasteiger partial charge in [-0.15, -0.1) is 0 Å². The van der Waals surface area contributed by atoms with Crippen LogP contribution in [-0.2, 0) is 4.74 Å². The molecule has 1 saturated heterocycles. The second-order valence-corrected chi connectivity index (χ2v) is 7.24. The Morgan fingerprint density at radius 1 is 1.50 bits per heavy atom. The second-order valence-electron chi connectivity index (χ2n) is 6.26. The zero-order valence-corrected chi connectivity index (χ0v) is 14.5. The molecule has 0 saturated carbocycles. The van der Waals surface area contributed by atoms with Gasteiger partial charge in [0, 0.05) is 24.5 Å². The maximum absolute atomic E-state index is 12.4. The minimum atomic E-state index is -0.538. The van der Waals surface area contributed by atoms with E-state index in [1.54, 1.807) is 10.3 Å². The third kappa shape index (κ3) is 4.58.